The minimum Gasteiger partial charge on any atom is -0.463 e. The number of unbranched alkanes of at least 4 members (excludes halogenated alkanes) is 5. The molecule has 5 nitrogen and oxygen atoms in total. The molecule has 0 aromatic heterocycles. The van der Waals surface area contributed by atoms with Crippen LogP contribution in [0.1, 0.15) is 38.5 Å². The molecule has 0 amide bonds. The molecule has 0 atom stereocenters. The highest BCUT2D eigenvalue weighted by Crippen LogP contribution is 2.36. The van der Waals surface area contributed by atoms with Crippen molar-refractivity contribution in [3.8, 4) is 0 Å². The van der Waals surface area contributed by atoms with Crippen LogP contribution in [0.5, 0.6) is 0 Å². The molecule has 0 aliphatic carbocycles. The molecule has 0 saturated carbocycles. The summed E-state index contributed by atoms with van der Waals surface area (Å²) in [5.41, 5.74) is 0. The van der Waals surface area contributed by atoms with E-state index in [-0.39, 0.29) is 5.97 Å². The number of rotatable bonds is 11. The van der Waals surface area contributed by atoms with Crippen LogP contribution in [0.4, 0.5) is 0 Å². The average Bonchev–Trinajstić information content (AvgIpc) is 2.29. The number of carbonyl (C=O) groups excluding carboxylic acids is 1. The number of hydrogen-bond donors (Lipinski definition) is 2. The summed E-state index contributed by atoms with van der Waals surface area (Å²) in [6.07, 6.45) is 6.83. The minimum atomic E-state index is -3.47. The van der Waals surface area contributed by atoms with Crippen LogP contribution in [0.25, 0.3) is 0 Å². The zero-order chi connectivity index (χ0) is 13.9. The van der Waals surface area contributed by atoms with Crippen LogP contribution in [0, 0.1) is 0 Å². The highest BCUT2D eigenvalue weighted by molar-refractivity contribution is 8.06. The molecule has 0 aliphatic heterocycles. The van der Waals surface area contributed by atoms with Gasteiger partial charge >= 0.3 is 12.7 Å². The first-order valence-corrected chi connectivity index (χ1v) is 8.57. The molecule has 0 unspecified atom stereocenters. The molecule has 2 N–H and O–H groups in total. The second-order valence-electron chi connectivity index (χ2n) is 3.82. The lowest BCUT2D eigenvalue weighted by molar-refractivity contribution is -0.137. The van der Waals surface area contributed by atoms with Gasteiger partial charge in [-0.25, -0.2) is 4.79 Å². The summed E-state index contributed by atoms with van der Waals surface area (Å²) >= 11 is 4.32. The van der Waals surface area contributed by atoms with Gasteiger partial charge in [0, 0.05) is 6.08 Å². The van der Waals surface area contributed by atoms with Crippen molar-refractivity contribution in [2.45, 2.75) is 38.5 Å². The van der Waals surface area contributed by atoms with Crippen LogP contribution in [0.3, 0.4) is 0 Å². The van der Waals surface area contributed by atoms with Crippen molar-refractivity contribution in [2.24, 2.45) is 0 Å². The predicted octanol–water partition coefficient (Wildman–Crippen LogP) is 2.28. The fourth-order valence-electron chi connectivity index (χ4n) is 1.33. The van der Waals surface area contributed by atoms with Crippen LogP contribution < -0.4 is 0 Å². The molecule has 18 heavy (non-hydrogen) atoms. The van der Waals surface area contributed by atoms with Gasteiger partial charge in [-0.3, -0.25) is 0 Å². The molecule has 0 fully saturated rings. The van der Waals surface area contributed by atoms with Crippen LogP contribution in [0.2, 0.25) is 0 Å². The van der Waals surface area contributed by atoms with E-state index >= 15 is 0 Å². The van der Waals surface area contributed by atoms with E-state index in [2.05, 4.69) is 22.9 Å². The van der Waals surface area contributed by atoms with Gasteiger partial charge in [0.05, 0.1) is 13.2 Å². The lowest BCUT2D eigenvalue weighted by atomic mass is 10.1. The molecule has 106 valence electrons. The van der Waals surface area contributed by atoms with Gasteiger partial charge in [0.15, 0.2) is 0 Å². The van der Waals surface area contributed by atoms with Crippen molar-refractivity contribution in [2.75, 3.05) is 13.2 Å². The third-order valence-corrected chi connectivity index (χ3v) is 3.04. The monoisotopic (exact) mass is 296 g/mol. The van der Waals surface area contributed by atoms with E-state index in [0.29, 0.717) is 13.2 Å². The lowest BCUT2D eigenvalue weighted by Gasteiger charge is -2.07. The summed E-state index contributed by atoms with van der Waals surface area (Å²) in [4.78, 5) is 28.3. The number of ether oxygens (including phenoxy) is 1. The first-order valence-electron chi connectivity index (χ1n) is 5.95. The third-order valence-electron chi connectivity index (χ3n) is 2.21. The Morgan fingerprint density at radius 3 is 2.11 bits per heavy atom. The Hall–Kier alpha value is -0.260. The van der Waals surface area contributed by atoms with Crippen molar-refractivity contribution in [1.29, 1.82) is 0 Å². The molecule has 0 saturated heterocycles. The molecule has 0 bridgehead atoms. The number of esters is 1. The van der Waals surface area contributed by atoms with Gasteiger partial charge in [0.1, 0.15) is 0 Å². The Bertz CT molecular complexity index is 289. The van der Waals surface area contributed by atoms with Crippen molar-refractivity contribution in [1.82, 2.24) is 0 Å². The van der Waals surface area contributed by atoms with Gasteiger partial charge in [-0.15, -0.1) is 0 Å². The Morgan fingerprint density at radius 1 is 1.11 bits per heavy atom. The van der Waals surface area contributed by atoms with Crippen molar-refractivity contribution < 1.29 is 23.8 Å². The maximum atomic E-state index is 10.7. The van der Waals surface area contributed by atoms with E-state index in [1.165, 1.54) is 0 Å². The largest absolute Gasteiger partial charge is 0.463 e. The van der Waals surface area contributed by atoms with Crippen LogP contribution in [0.15, 0.2) is 12.7 Å². The van der Waals surface area contributed by atoms with E-state index in [9.17, 15) is 4.79 Å². The van der Waals surface area contributed by atoms with Gasteiger partial charge in [0.2, 0.25) is 0 Å². The first kappa shape index (κ1) is 17.7. The Kier molecular flexibility index (Phi) is 10.5. The zero-order valence-corrected chi connectivity index (χ0v) is 12.1. The molecule has 7 heteroatoms. The molecular formula is C11H21O5PS. The lowest BCUT2D eigenvalue weighted by Crippen LogP contribution is -2.01. The highest BCUT2D eigenvalue weighted by Gasteiger charge is 2.06. The molecule has 0 aromatic rings. The topological polar surface area (TPSA) is 76.0 Å². The van der Waals surface area contributed by atoms with Crippen molar-refractivity contribution in [3.63, 3.8) is 0 Å². The van der Waals surface area contributed by atoms with Crippen LogP contribution in [-0.2, 0) is 25.9 Å². The SMILES string of the molecule is C=CC(=O)OCCCCCCCCOP(O)(O)=S. The maximum absolute atomic E-state index is 10.7. The van der Waals surface area contributed by atoms with E-state index in [4.69, 9.17) is 14.5 Å². The van der Waals surface area contributed by atoms with Crippen LogP contribution >= 0.6 is 6.72 Å². The number of carbonyl (C=O) groups is 1. The Balaban J connectivity index is 3.15. The summed E-state index contributed by atoms with van der Waals surface area (Å²) < 4.78 is 9.52. The van der Waals surface area contributed by atoms with Gasteiger partial charge in [0.25, 0.3) is 0 Å². The predicted molar refractivity (Wildman–Crippen MR) is 73.5 cm³/mol. The summed E-state index contributed by atoms with van der Waals surface area (Å²) in [6.45, 7) is 0.565. The molecule has 0 rings (SSSR count). The van der Waals surface area contributed by atoms with E-state index in [1.807, 2.05) is 0 Å². The average molecular weight is 296 g/mol. The zero-order valence-electron chi connectivity index (χ0n) is 10.4. The summed E-state index contributed by atoms with van der Waals surface area (Å²) in [5.74, 6) is -0.379. The second-order valence-corrected chi connectivity index (χ2v) is 6.48. The highest BCUT2D eigenvalue weighted by atomic mass is 32.5. The van der Waals surface area contributed by atoms with E-state index < -0.39 is 6.72 Å². The summed E-state index contributed by atoms with van der Waals surface area (Å²) in [7, 11) is 0. The number of hydrogen-bond acceptors (Lipinski definition) is 4. The van der Waals surface area contributed by atoms with E-state index in [0.717, 1.165) is 44.6 Å². The fraction of sp³-hybridized carbons (Fsp3) is 0.727. The quantitative estimate of drug-likeness (QED) is 0.264. The molecule has 0 aromatic carbocycles. The van der Waals surface area contributed by atoms with Crippen molar-refractivity contribution >= 4 is 24.5 Å². The molecular weight excluding hydrogens is 275 g/mol. The molecule has 0 heterocycles. The van der Waals surface area contributed by atoms with Crippen molar-refractivity contribution in [3.05, 3.63) is 12.7 Å². The van der Waals surface area contributed by atoms with Gasteiger partial charge in [-0.05, 0) is 24.6 Å². The normalized spacial score (nSPS) is 11.2. The smallest absolute Gasteiger partial charge is 0.330 e. The molecule has 0 aliphatic rings. The summed E-state index contributed by atoms with van der Waals surface area (Å²) in [6, 6.07) is 0. The van der Waals surface area contributed by atoms with E-state index in [1.54, 1.807) is 0 Å². The molecule has 0 radical (unpaired) electrons. The Morgan fingerprint density at radius 2 is 1.61 bits per heavy atom. The molecule has 0 spiro atoms. The second kappa shape index (κ2) is 10.6. The van der Waals surface area contributed by atoms with Crippen LogP contribution in [-0.4, -0.2) is 29.0 Å². The van der Waals surface area contributed by atoms with Gasteiger partial charge in [-0.1, -0.05) is 32.3 Å². The Labute approximate surface area is 113 Å². The maximum Gasteiger partial charge on any atom is 0.330 e. The fourth-order valence-corrected chi connectivity index (χ4v) is 1.92. The summed E-state index contributed by atoms with van der Waals surface area (Å²) in [5, 5.41) is 0. The van der Waals surface area contributed by atoms with Gasteiger partial charge < -0.3 is 19.0 Å². The first-order chi connectivity index (χ1) is 8.45. The third kappa shape index (κ3) is 13.8. The standard InChI is InChI=1S/C11H21O5PS/c1-2-11(12)15-9-7-5-3-4-6-8-10-16-17(13,14)18/h2H,1,3-10H2,(H2,13,14,18). The van der Waals surface area contributed by atoms with Gasteiger partial charge in [-0.2, -0.15) is 0 Å². The minimum absolute atomic E-state index is 0.293.